The van der Waals surface area contributed by atoms with Gasteiger partial charge in [0, 0.05) is 11.0 Å². The van der Waals surface area contributed by atoms with Crippen molar-refractivity contribution in [3.05, 3.63) is 42.7 Å². The Balaban J connectivity index is 2.57. The third-order valence-electron chi connectivity index (χ3n) is 1.67. The molecule has 15 heavy (non-hydrogen) atoms. The van der Waals surface area contributed by atoms with Crippen molar-refractivity contribution in [2.24, 2.45) is 0 Å². The fourth-order valence-electron chi connectivity index (χ4n) is 0.977. The zero-order chi connectivity index (χ0) is 11.1. The van der Waals surface area contributed by atoms with Crippen LogP contribution < -0.4 is 0 Å². The maximum atomic E-state index is 11.6. The van der Waals surface area contributed by atoms with Gasteiger partial charge in [-0.15, -0.1) is 0 Å². The molecule has 0 N–H and O–H groups in total. The summed E-state index contributed by atoms with van der Waals surface area (Å²) in [7, 11) is 0.183. The van der Waals surface area contributed by atoms with Gasteiger partial charge in [-0.05, 0) is 12.1 Å². The van der Waals surface area contributed by atoms with Crippen molar-refractivity contribution in [1.29, 1.82) is 0 Å². The van der Waals surface area contributed by atoms with Crippen molar-refractivity contribution in [3.8, 4) is 0 Å². The van der Waals surface area contributed by atoms with Crippen LogP contribution in [0.4, 0.5) is 0 Å². The van der Waals surface area contributed by atoms with E-state index in [1.54, 1.807) is 24.3 Å². The SMILES string of the molecule is CO/C=C/C(=O)CS(=O)[13c]1ccccc1. The lowest BCUT2D eigenvalue weighted by atomic mass is 10.4. The molecule has 0 saturated heterocycles. The fourth-order valence-corrected chi connectivity index (χ4v) is 1.96. The third kappa shape index (κ3) is 4.08. The van der Waals surface area contributed by atoms with Crippen LogP contribution in [0.25, 0.3) is 0 Å². The lowest BCUT2D eigenvalue weighted by molar-refractivity contribution is -0.112. The van der Waals surface area contributed by atoms with Gasteiger partial charge in [0.2, 0.25) is 0 Å². The van der Waals surface area contributed by atoms with E-state index in [0.717, 1.165) is 0 Å². The van der Waals surface area contributed by atoms with Crippen LogP contribution in [-0.2, 0) is 20.3 Å². The molecule has 0 spiro atoms. The molecule has 1 aromatic rings. The lowest BCUT2D eigenvalue weighted by Crippen LogP contribution is -2.07. The number of hydrogen-bond acceptors (Lipinski definition) is 3. The van der Waals surface area contributed by atoms with Gasteiger partial charge in [0.15, 0.2) is 5.78 Å². The molecule has 0 aromatic heterocycles. The summed E-state index contributed by atoms with van der Waals surface area (Å²) in [6.45, 7) is 0. The largest absolute Gasteiger partial charge is 0.504 e. The van der Waals surface area contributed by atoms with E-state index in [2.05, 4.69) is 4.74 Å². The smallest absolute Gasteiger partial charge is 0.171 e. The van der Waals surface area contributed by atoms with Crippen LogP contribution in [0, 0.1) is 0 Å². The average Bonchev–Trinajstić information content (AvgIpc) is 2.27. The molecular weight excluding hydrogens is 213 g/mol. The van der Waals surface area contributed by atoms with E-state index < -0.39 is 10.8 Å². The van der Waals surface area contributed by atoms with Crippen molar-refractivity contribution in [2.45, 2.75) is 4.90 Å². The first-order valence-corrected chi connectivity index (χ1v) is 5.71. The molecule has 1 aromatic carbocycles. The molecule has 0 fully saturated rings. The van der Waals surface area contributed by atoms with Crippen molar-refractivity contribution in [2.75, 3.05) is 12.9 Å². The summed E-state index contributed by atoms with van der Waals surface area (Å²) in [5.74, 6) is -0.219. The second-order valence-corrected chi connectivity index (χ2v) is 4.26. The molecule has 0 heterocycles. The first-order valence-electron chi connectivity index (χ1n) is 4.39. The summed E-state index contributed by atoms with van der Waals surface area (Å²) in [5, 5.41) is 0. The first-order chi connectivity index (χ1) is 7.24. The summed E-state index contributed by atoms with van der Waals surface area (Å²) in [5.41, 5.74) is 0. The number of allylic oxidation sites excluding steroid dienone is 1. The number of carbonyl (C=O) groups is 1. The van der Waals surface area contributed by atoms with Crippen molar-refractivity contribution in [1.82, 2.24) is 0 Å². The number of methoxy groups -OCH3 is 1. The van der Waals surface area contributed by atoms with Gasteiger partial charge in [-0.25, -0.2) is 0 Å². The Morgan fingerprint density at radius 2 is 2.07 bits per heavy atom. The van der Waals surface area contributed by atoms with Crippen LogP contribution in [0.1, 0.15) is 0 Å². The van der Waals surface area contributed by atoms with Crippen molar-refractivity contribution < 1.29 is 13.7 Å². The minimum absolute atomic E-state index is 0.0100. The summed E-state index contributed by atoms with van der Waals surface area (Å²) >= 11 is 0. The Hall–Kier alpha value is -1.42. The zero-order valence-electron chi connectivity index (χ0n) is 8.38. The second-order valence-electron chi connectivity index (χ2n) is 2.81. The van der Waals surface area contributed by atoms with E-state index in [-0.39, 0.29) is 11.5 Å². The molecule has 3 nitrogen and oxygen atoms in total. The lowest BCUT2D eigenvalue weighted by Gasteiger charge is -1.98. The molecule has 0 bridgehead atoms. The number of ether oxygens (including phenoxy) is 1. The highest BCUT2D eigenvalue weighted by Gasteiger charge is 2.06. The monoisotopic (exact) mass is 225 g/mol. The molecule has 0 saturated carbocycles. The van der Waals surface area contributed by atoms with E-state index in [1.165, 1.54) is 19.4 Å². The highest BCUT2D eigenvalue weighted by molar-refractivity contribution is 7.85. The predicted octanol–water partition coefficient (Wildman–Crippen LogP) is 1.52. The van der Waals surface area contributed by atoms with Crippen LogP contribution in [0.3, 0.4) is 0 Å². The Bertz CT molecular complexity index is 371. The summed E-state index contributed by atoms with van der Waals surface area (Å²) in [6.07, 6.45) is 2.56. The molecule has 0 aliphatic rings. The van der Waals surface area contributed by atoms with Crippen LogP contribution in [-0.4, -0.2) is 22.9 Å². The number of carbonyl (C=O) groups excluding carboxylic acids is 1. The molecule has 0 aliphatic carbocycles. The molecule has 0 radical (unpaired) electrons. The normalized spacial score (nSPS) is 12.6. The van der Waals surface area contributed by atoms with Crippen molar-refractivity contribution in [3.63, 3.8) is 0 Å². The van der Waals surface area contributed by atoms with E-state index in [1.807, 2.05) is 6.07 Å². The molecule has 0 amide bonds. The Kier molecular flexibility index (Phi) is 4.77. The molecule has 1 rings (SSSR count). The first kappa shape index (κ1) is 11.7. The highest BCUT2D eigenvalue weighted by Crippen LogP contribution is 2.05. The van der Waals surface area contributed by atoms with Crippen LogP contribution in [0.5, 0.6) is 0 Å². The molecule has 1 unspecified atom stereocenters. The second kappa shape index (κ2) is 6.14. The summed E-state index contributed by atoms with van der Waals surface area (Å²) in [4.78, 5) is 11.9. The van der Waals surface area contributed by atoms with Gasteiger partial charge in [-0.1, -0.05) is 18.2 Å². The van der Waals surface area contributed by atoms with Gasteiger partial charge in [0.25, 0.3) is 0 Å². The maximum Gasteiger partial charge on any atom is 0.171 e. The van der Waals surface area contributed by atoms with E-state index in [4.69, 9.17) is 0 Å². The Morgan fingerprint density at radius 1 is 1.40 bits per heavy atom. The summed E-state index contributed by atoms with van der Waals surface area (Å²) in [6, 6.07) is 8.91. The number of ketones is 1. The maximum absolute atomic E-state index is 11.6. The quantitative estimate of drug-likeness (QED) is 0.563. The topological polar surface area (TPSA) is 43.4 Å². The molecule has 80 valence electrons. The number of rotatable bonds is 5. The van der Waals surface area contributed by atoms with E-state index in [0.29, 0.717) is 4.90 Å². The number of hydrogen-bond donors (Lipinski definition) is 0. The van der Waals surface area contributed by atoms with Gasteiger partial charge >= 0.3 is 0 Å². The van der Waals surface area contributed by atoms with Gasteiger partial charge in [-0.2, -0.15) is 0 Å². The van der Waals surface area contributed by atoms with E-state index in [9.17, 15) is 9.00 Å². The zero-order valence-corrected chi connectivity index (χ0v) is 9.20. The minimum atomic E-state index is -1.27. The Morgan fingerprint density at radius 3 is 2.67 bits per heavy atom. The predicted molar refractivity (Wildman–Crippen MR) is 58.9 cm³/mol. The molecule has 1 atom stereocenters. The van der Waals surface area contributed by atoms with Gasteiger partial charge < -0.3 is 4.74 Å². The molecule has 4 heteroatoms. The fraction of sp³-hybridized carbons (Fsp3) is 0.182. The minimum Gasteiger partial charge on any atom is -0.504 e. The van der Waals surface area contributed by atoms with Gasteiger partial charge in [-0.3, -0.25) is 9.00 Å². The van der Waals surface area contributed by atoms with Crippen LogP contribution >= 0.6 is 0 Å². The molecule has 0 aliphatic heterocycles. The number of benzene rings is 1. The van der Waals surface area contributed by atoms with Crippen molar-refractivity contribution >= 4 is 16.6 Å². The highest BCUT2D eigenvalue weighted by atomic mass is 32.2. The van der Waals surface area contributed by atoms with E-state index >= 15 is 0 Å². The van der Waals surface area contributed by atoms with Gasteiger partial charge in [0.05, 0.1) is 29.9 Å². The average molecular weight is 225 g/mol. The standard InChI is InChI=1S/C11H12O3S/c1-14-8-7-10(12)9-15(13)11-5-3-2-4-6-11/h2-8H,9H2,1H3/b8-7+/i11+1. The third-order valence-corrected chi connectivity index (χ3v) is 3.01. The van der Waals surface area contributed by atoms with Crippen LogP contribution in [0.15, 0.2) is 47.6 Å². The van der Waals surface area contributed by atoms with Crippen LogP contribution in [0.2, 0.25) is 0 Å². The molecular formula is C11H12O3S. The summed E-state index contributed by atoms with van der Waals surface area (Å²) < 4.78 is 16.2. The Labute approximate surface area is 91.2 Å². The van der Waals surface area contributed by atoms with Gasteiger partial charge in [0.1, 0.15) is 0 Å².